The summed E-state index contributed by atoms with van der Waals surface area (Å²) in [6.07, 6.45) is 2.24. The molecule has 1 rings (SSSR count). The topological polar surface area (TPSA) is 20.2 Å². The van der Waals surface area contributed by atoms with E-state index in [9.17, 15) is 0 Å². The minimum absolute atomic E-state index is 0.154. The molecule has 0 aromatic heterocycles. The summed E-state index contributed by atoms with van der Waals surface area (Å²) in [5, 5.41) is 8.57. The lowest BCUT2D eigenvalue weighted by Crippen LogP contribution is -2.06. The lowest BCUT2D eigenvalue weighted by Gasteiger charge is -2.01. The summed E-state index contributed by atoms with van der Waals surface area (Å²) in [4.78, 5) is 0. The molecule has 0 aromatic carbocycles. The molecule has 1 N–H and O–H groups in total. The van der Waals surface area contributed by atoms with Gasteiger partial charge in [-0.25, -0.2) is 0 Å². The lowest BCUT2D eigenvalue weighted by atomic mass is 10.2. The van der Waals surface area contributed by atoms with Gasteiger partial charge in [-0.3, -0.25) is 0 Å². The van der Waals surface area contributed by atoms with Crippen LogP contribution in [0.3, 0.4) is 0 Å². The van der Waals surface area contributed by atoms with Crippen LogP contribution in [0, 0.1) is 5.41 Å². The van der Waals surface area contributed by atoms with Crippen molar-refractivity contribution in [2.24, 2.45) is 5.41 Å². The average molecular weight is 121 g/mol. The average Bonchev–Trinajstić information content (AvgIpc) is 2.46. The van der Waals surface area contributed by atoms with Gasteiger partial charge in [-0.15, -0.1) is 11.6 Å². The normalized spacial score (nSPS) is 24.9. The van der Waals surface area contributed by atoms with Gasteiger partial charge in [0.1, 0.15) is 0 Å². The summed E-state index contributed by atoms with van der Waals surface area (Å²) < 4.78 is 0. The Morgan fingerprint density at radius 2 is 2.14 bits per heavy atom. The third-order valence-electron chi connectivity index (χ3n) is 1.58. The monoisotopic (exact) mass is 120 g/mol. The van der Waals surface area contributed by atoms with Crippen LogP contribution in [0.5, 0.6) is 0 Å². The Bertz CT molecular complexity index is 62.5. The van der Waals surface area contributed by atoms with Gasteiger partial charge >= 0.3 is 0 Å². The Labute approximate surface area is 48.3 Å². The molecule has 0 unspecified atom stereocenters. The maximum Gasteiger partial charge on any atom is 0.0498 e. The Balaban J connectivity index is 2.28. The van der Waals surface area contributed by atoms with Gasteiger partial charge in [-0.1, -0.05) is 0 Å². The highest BCUT2D eigenvalue weighted by Gasteiger charge is 2.40. The van der Waals surface area contributed by atoms with Crippen molar-refractivity contribution in [3.05, 3.63) is 0 Å². The van der Waals surface area contributed by atoms with Crippen molar-refractivity contribution in [3.8, 4) is 0 Å². The fourth-order valence-electron chi connectivity index (χ4n) is 0.511. The van der Waals surface area contributed by atoms with Gasteiger partial charge in [0.05, 0.1) is 0 Å². The van der Waals surface area contributed by atoms with Crippen LogP contribution < -0.4 is 0 Å². The molecule has 0 aromatic rings. The van der Waals surface area contributed by atoms with Crippen LogP contribution in [0.25, 0.3) is 0 Å². The number of rotatable bonds is 2. The predicted octanol–water partition coefficient (Wildman–Crippen LogP) is 0.998. The zero-order valence-corrected chi connectivity index (χ0v) is 4.91. The molecule has 1 aliphatic rings. The molecule has 0 atom stereocenters. The minimum atomic E-state index is 0.154. The van der Waals surface area contributed by atoms with E-state index in [0.29, 0.717) is 5.88 Å². The first-order chi connectivity index (χ1) is 3.33. The first-order valence-corrected chi connectivity index (χ1v) is 3.03. The molecule has 7 heavy (non-hydrogen) atoms. The summed E-state index contributed by atoms with van der Waals surface area (Å²) in [5.41, 5.74) is 0.154. The van der Waals surface area contributed by atoms with Crippen molar-refractivity contribution in [2.45, 2.75) is 12.8 Å². The van der Waals surface area contributed by atoms with Crippen molar-refractivity contribution < 1.29 is 5.11 Å². The third kappa shape index (κ3) is 0.892. The summed E-state index contributed by atoms with van der Waals surface area (Å²) in [7, 11) is 0. The number of hydrogen-bond donors (Lipinski definition) is 1. The highest BCUT2D eigenvalue weighted by atomic mass is 35.5. The molecule has 1 fully saturated rings. The Morgan fingerprint density at radius 3 is 2.14 bits per heavy atom. The molecule has 1 saturated carbocycles. The SMILES string of the molecule is OCC1(CCl)CC1. The summed E-state index contributed by atoms with van der Waals surface area (Å²) in [6.45, 7) is 0.274. The summed E-state index contributed by atoms with van der Waals surface area (Å²) >= 11 is 5.50. The van der Waals surface area contributed by atoms with E-state index in [1.165, 1.54) is 0 Å². The number of aliphatic hydroxyl groups excluding tert-OH is 1. The fourth-order valence-corrected chi connectivity index (χ4v) is 0.863. The first kappa shape index (κ1) is 5.39. The van der Waals surface area contributed by atoms with Gasteiger partial charge in [-0.05, 0) is 12.8 Å². The Morgan fingerprint density at radius 1 is 1.57 bits per heavy atom. The molecule has 2 heteroatoms. The standard InChI is InChI=1S/C5H9ClO/c6-3-5(4-7)1-2-5/h7H,1-4H2. The van der Waals surface area contributed by atoms with Gasteiger partial charge in [0, 0.05) is 17.9 Å². The van der Waals surface area contributed by atoms with Gasteiger partial charge in [0.2, 0.25) is 0 Å². The zero-order chi connectivity index (χ0) is 5.33. The van der Waals surface area contributed by atoms with Crippen molar-refractivity contribution in [2.75, 3.05) is 12.5 Å². The number of hydrogen-bond acceptors (Lipinski definition) is 1. The van der Waals surface area contributed by atoms with Crippen LogP contribution in [0.4, 0.5) is 0 Å². The summed E-state index contributed by atoms with van der Waals surface area (Å²) in [6, 6.07) is 0. The molecule has 0 spiro atoms. The predicted molar refractivity (Wildman–Crippen MR) is 29.5 cm³/mol. The largest absolute Gasteiger partial charge is 0.396 e. The minimum Gasteiger partial charge on any atom is -0.396 e. The van der Waals surface area contributed by atoms with E-state index in [1.54, 1.807) is 0 Å². The molecular weight excluding hydrogens is 112 g/mol. The number of aliphatic hydroxyl groups is 1. The molecule has 0 radical (unpaired) electrons. The zero-order valence-electron chi connectivity index (χ0n) is 4.15. The maximum absolute atomic E-state index is 8.57. The highest BCUT2D eigenvalue weighted by Crippen LogP contribution is 2.45. The fraction of sp³-hybridized carbons (Fsp3) is 1.00. The van der Waals surface area contributed by atoms with Crippen molar-refractivity contribution in [1.82, 2.24) is 0 Å². The van der Waals surface area contributed by atoms with Gasteiger partial charge in [0.25, 0.3) is 0 Å². The van der Waals surface area contributed by atoms with Crippen LogP contribution in [0.15, 0.2) is 0 Å². The van der Waals surface area contributed by atoms with Crippen LogP contribution in [0.2, 0.25) is 0 Å². The number of alkyl halides is 1. The quantitative estimate of drug-likeness (QED) is 0.539. The van der Waals surface area contributed by atoms with Crippen LogP contribution >= 0.6 is 11.6 Å². The van der Waals surface area contributed by atoms with Gasteiger partial charge in [-0.2, -0.15) is 0 Å². The molecule has 0 bridgehead atoms. The molecule has 0 aliphatic heterocycles. The molecule has 42 valence electrons. The van der Waals surface area contributed by atoms with Crippen LogP contribution in [-0.4, -0.2) is 17.6 Å². The second-order valence-electron chi connectivity index (χ2n) is 2.29. The van der Waals surface area contributed by atoms with E-state index >= 15 is 0 Å². The van der Waals surface area contributed by atoms with Crippen molar-refractivity contribution >= 4 is 11.6 Å². The Kier molecular flexibility index (Phi) is 1.26. The van der Waals surface area contributed by atoms with E-state index in [0.717, 1.165) is 12.8 Å². The van der Waals surface area contributed by atoms with Crippen molar-refractivity contribution in [1.29, 1.82) is 0 Å². The second kappa shape index (κ2) is 1.64. The molecule has 1 nitrogen and oxygen atoms in total. The summed E-state index contributed by atoms with van der Waals surface area (Å²) in [5.74, 6) is 0.628. The first-order valence-electron chi connectivity index (χ1n) is 2.50. The van der Waals surface area contributed by atoms with E-state index < -0.39 is 0 Å². The van der Waals surface area contributed by atoms with Gasteiger partial charge < -0.3 is 5.11 Å². The molecule has 0 saturated heterocycles. The highest BCUT2D eigenvalue weighted by molar-refractivity contribution is 6.18. The van der Waals surface area contributed by atoms with Crippen LogP contribution in [-0.2, 0) is 0 Å². The molecule has 1 aliphatic carbocycles. The molecule has 0 amide bonds. The third-order valence-corrected chi connectivity index (χ3v) is 2.14. The van der Waals surface area contributed by atoms with Gasteiger partial charge in [0.15, 0.2) is 0 Å². The maximum atomic E-state index is 8.57. The Hall–Kier alpha value is 0.250. The van der Waals surface area contributed by atoms with Crippen molar-refractivity contribution in [3.63, 3.8) is 0 Å². The van der Waals surface area contributed by atoms with E-state index in [2.05, 4.69) is 0 Å². The van der Waals surface area contributed by atoms with E-state index in [4.69, 9.17) is 16.7 Å². The van der Waals surface area contributed by atoms with E-state index in [1.807, 2.05) is 0 Å². The second-order valence-corrected chi connectivity index (χ2v) is 2.56. The van der Waals surface area contributed by atoms with E-state index in [-0.39, 0.29) is 12.0 Å². The smallest absolute Gasteiger partial charge is 0.0498 e. The number of halogens is 1. The lowest BCUT2D eigenvalue weighted by molar-refractivity contribution is 0.227. The molecule has 0 heterocycles. The molecular formula is C5H9ClO. The van der Waals surface area contributed by atoms with Crippen LogP contribution in [0.1, 0.15) is 12.8 Å².